The zero-order valence-electron chi connectivity index (χ0n) is 6.69. The second-order valence-electron chi connectivity index (χ2n) is 2.43. The summed E-state index contributed by atoms with van der Waals surface area (Å²) in [7, 11) is 0. The van der Waals surface area contributed by atoms with E-state index in [1.165, 1.54) is 11.4 Å². The minimum atomic E-state index is -4.53. The quantitative estimate of drug-likeness (QED) is 0.738. The molecule has 0 atom stereocenters. The summed E-state index contributed by atoms with van der Waals surface area (Å²) in [6.45, 7) is 0. The highest BCUT2D eigenvalue weighted by Gasteiger charge is 2.27. The first kappa shape index (κ1) is 10.7. The summed E-state index contributed by atoms with van der Waals surface area (Å²) in [6, 6.07) is 5.28. The molecule has 0 amide bonds. The van der Waals surface area contributed by atoms with Gasteiger partial charge in [-0.3, -0.25) is 5.32 Å². The molecule has 1 N–H and O–H groups in total. The van der Waals surface area contributed by atoms with E-state index in [2.05, 4.69) is 0 Å². The summed E-state index contributed by atoms with van der Waals surface area (Å²) in [4.78, 5) is 0. The SMILES string of the molecule is N#Cc1ccc(NC(F)(F)F)c(Cl)c1. The van der Waals surface area contributed by atoms with Gasteiger partial charge in [-0.1, -0.05) is 11.6 Å². The van der Waals surface area contributed by atoms with Gasteiger partial charge in [0.2, 0.25) is 0 Å². The number of rotatable bonds is 1. The van der Waals surface area contributed by atoms with Crippen molar-refractivity contribution in [2.75, 3.05) is 5.32 Å². The Morgan fingerprint density at radius 3 is 2.43 bits per heavy atom. The third-order valence-electron chi connectivity index (χ3n) is 1.37. The maximum absolute atomic E-state index is 11.9. The van der Waals surface area contributed by atoms with E-state index in [4.69, 9.17) is 16.9 Å². The van der Waals surface area contributed by atoms with Gasteiger partial charge in [0.25, 0.3) is 0 Å². The summed E-state index contributed by atoms with van der Waals surface area (Å²) in [6.07, 6.45) is -4.53. The molecule has 1 aromatic carbocycles. The smallest absolute Gasteiger partial charge is 0.296 e. The molecule has 0 spiro atoms. The van der Waals surface area contributed by atoms with E-state index >= 15 is 0 Å². The Morgan fingerprint density at radius 1 is 1.36 bits per heavy atom. The number of hydrogen-bond acceptors (Lipinski definition) is 2. The molecule has 0 fully saturated rings. The van der Waals surface area contributed by atoms with Gasteiger partial charge in [0.1, 0.15) is 0 Å². The molecule has 0 saturated heterocycles. The molecule has 0 aromatic heterocycles. The van der Waals surface area contributed by atoms with E-state index in [0.717, 1.165) is 12.1 Å². The Balaban J connectivity index is 2.97. The molecular formula is C8H4ClF3N2. The van der Waals surface area contributed by atoms with Crippen LogP contribution in [0.4, 0.5) is 18.9 Å². The fourth-order valence-corrected chi connectivity index (χ4v) is 1.07. The number of alkyl halides is 3. The van der Waals surface area contributed by atoms with Crippen molar-refractivity contribution in [2.45, 2.75) is 6.30 Å². The van der Waals surface area contributed by atoms with Crippen LogP contribution in [0.3, 0.4) is 0 Å². The minimum Gasteiger partial charge on any atom is -0.296 e. The van der Waals surface area contributed by atoms with Crippen LogP contribution < -0.4 is 5.32 Å². The van der Waals surface area contributed by atoms with Crippen LogP contribution in [0.15, 0.2) is 18.2 Å². The molecule has 0 aliphatic heterocycles. The van der Waals surface area contributed by atoms with Gasteiger partial charge < -0.3 is 0 Å². The number of anilines is 1. The third-order valence-corrected chi connectivity index (χ3v) is 1.69. The molecule has 6 heteroatoms. The van der Waals surface area contributed by atoms with Crippen molar-refractivity contribution in [3.05, 3.63) is 28.8 Å². The van der Waals surface area contributed by atoms with Crippen LogP contribution in [0.1, 0.15) is 5.56 Å². The summed E-state index contributed by atoms with van der Waals surface area (Å²) in [5, 5.41) is 9.56. The lowest BCUT2D eigenvalue weighted by Gasteiger charge is -2.10. The molecule has 2 nitrogen and oxygen atoms in total. The van der Waals surface area contributed by atoms with Crippen LogP contribution in [-0.2, 0) is 0 Å². The predicted octanol–water partition coefficient (Wildman–Crippen LogP) is 3.14. The lowest BCUT2D eigenvalue weighted by atomic mass is 10.2. The second-order valence-corrected chi connectivity index (χ2v) is 2.84. The van der Waals surface area contributed by atoms with Gasteiger partial charge in [0, 0.05) is 0 Å². The van der Waals surface area contributed by atoms with Crippen molar-refractivity contribution in [1.82, 2.24) is 0 Å². The summed E-state index contributed by atoms with van der Waals surface area (Å²) >= 11 is 5.50. The molecule has 14 heavy (non-hydrogen) atoms. The van der Waals surface area contributed by atoms with E-state index in [9.17, 15) is 13.2 Å². The molecule has 0 aliphatic rings. The van der Waals surface area contributed by atoms with Crippen molar-refractivity contribution in [3.63, 3.8) is 0 Å². The molecule has 0 saturated carbocycles. The van der Waals surface area contributed by atoms with Gasteiger partial charge in [-0.05, 0) is 18.2 Å². The molecular weight excluding hydrogens is 217 g/mol. The topological polar surface area (TPSA) is 35.8 Å². The number of halogens is 4. The zero-order chi connectivity index (χ0) is 10.8. The predicted molar refractivity (Wildman–Crippen MR) is 45.8 cm³/mol. The summed E-state index contributed by atoms with van der Waals surface area (Å²) in [5.41, 5.74) is -0.0547. The highest BCUT2D eigenvalue weighted by atomic mass is 35.5. The van der Waals surface area contributed by atoms with Gasteiger partial charge >= 0.3 is 6.30 Å². The highest BCUT2D eigenvalue weighted by Crippen LogP contribution is 2.27. The molecule has 0 aliphatic carbocycles. The molecule has 0 bridgehead atoms. The van der Waals surface area contributed by atoms with E-state index in [1.54, 1.807) is 6.07 Å². The molecule has 0 unspecified atom stereocenters. The molecule has 74 valence electrons. The number of hydrogen-bond donors (Lipinski definition) is 1. The largest absolute Gasteiger partial charge is 0.482 e. The Labute approximate surface area is 82.9 Å². The number of benzene rings is 1. The molecule has 0 heterocycles. The fourth-order valence-electron chi connectivity index (χ4n) is 0.839. The maximum atomic E-state index is 11.9. The van der Waals surface area contributed by atoms with Crippen LogP contribution in [0.5, 0.6) is 0 Å². The third kappa shape index (κ3) is 2.82. The molecule has 1 rings (SSSR count). The highest BCUT2D eigenvalue weighted by molar-refractivity contribution is 6.33. The maximum Gasteiger partial charge on any atom is 0.482 e. The van der Waals surface area contributed by atoms with Gasteiger partial charge in [-0.25, -0.2) is 0 Å². The molecule has 0 radical (unpaired) electrons. The first-order valence-electron chi connectivity index (χ1n) is 3.47. The standard InChI is InChI=1S/C8H4ClF3N2/c9-6-3-5(4-13)1-2-7(6)14-8(10,11)12/h1-3,14H. The minimum absolute atomic E-state index is 0.138. The van der Waals surface area contributed by atoms with Crippen LogP contribution >= 0.6 is 11.6 Å². The number of nitrogens with one attached hydrogen (secondary N) is 1. The normalized spacial score (nSPS) is 10.8. The summed E-state index contributed by atoms with van der Waals surface area (Å²) in [5.74, 6) is 0. The number of nitrogens with zero attached hydrogens (tertiary/aromatic N) is 1. The average molecular weight is 221 g/mol. The second kappa shape index (κ2) is 3.76. The molecule has 1 aromatic rings. The zero-order valence-corrected chi connectivity index (χ0v) is 7.45. The van der Waals surface area contributed by atoms with Gasteiger partial charge in [-0.15, -0.1) is 0 Å². The fraction of sp³-hybridized carbons (Fsp3) is 0.125. The Morgan fingerprint density at radius 2 is 2.00 bits per heavy atom. The van der Waals surface area contributed by atoms with Crippen LogP contribution in [0.25, 0.3) is 0 Å². The first-order chi connectivity index (χ1) is 6.42. The van der Waals surface area contributed by atoms with Crippen molar-refractivity contribution in [3.8, 4) is 6.07 Å². The van der Waals surface area contributed by atoms with Crippen molar-refractivity contribution in [1.29, 1.82) is 5.26 Å². The van der Waals surface area contributed by atoms with E-state index in [-0.39, 0.29) is 16.3 Å². The Bertz CT molecular complexity index is 381. The first-order valence-corrected chi connectivity index (χ1v) is 3.85. The Hall–Kier alpha value is -1.41. The van der Waals surface area contributed by atoms with Crippen LogP contribution in [0, 0.1) is 11.3 Å². The average Bonchev–Trinajstić information content (AvgIpc) is 2.06. The van der Waals surface area contributed by atoms with Crippen LogP contribution in [0.2, 0.25) is 5.02 Å². The van der Waals surface area contributed by atoms with Crippen molar-refractivity contribution < 1.29 is 13.2 Å². The van der Waals surface area contributed by atoms with Crippen molar-refractivity contribution in [2.24, 2.45) is 0 Å². The lowest BCUT2D eigenvalue weighted by molar-refractivity contribution is -0.0999. The van der Waals surface area contributed by atoms with Crippen LogP contribution in [-0.4, -0.2) is 6.30 Å². The lowest BCUT2D eigenvalue weighted by Crippen LogP contribution is -2.20. The van der Waals surface area contributed by atoms with Gasteiger partial charge in [-0.2, -0.15) is 18.4 Å². The monoisotopic (exact) mass is 220 g/mol. The van der Waals surface area contributed by atoms with Gasteiger partial charge in [0.05, 0.1) is 22.3 Å². The van der Waals surface area contributed by atoms with Gasteiger partial charge in [0.15, 0.2) is 0 Å². The number of nitriles is 1. The van der Waals surface area contributed by atoms with E-state index in [0.29, 0.717) is 0 Å². The van der Waals surface area contributed by atoms with E-state index in [1.807, 2.05) is 0 Å². The Kier molecular flexibility index (Phi) is 2.87. The van der Waals surface area contributed by atoms with Crippen molar-refractivity contribution >= 4 is 17.3 Å². The summed E-state index contributed by atoms with van der Waals surface area (Å²) < 4.78 is 35.6. The van der Waals surface area contributed by atoms with E-state index < -0.39 is 6.30 Å².